The minimum atomic E-state index is -1.09. The van der Waals surface area contributed by atoms with Gasteiger partial charge < -0.3 is 24.7 Å². The number of fused-ring (bicyclic) bond motifs is 1. The first-order valence-electron chi connectivity index (χ1n) is 10.6. The van der Waals surface area contributed by atoms with Crippen molar-refractivity contribution in [3.05, 3.63) is 12.7 Å². The van der Waals surface area contributed by atoms with E-state index < -0.39 is 35.6 Å². The maximum atomic E-state index is 13.8. The van der Waals surface area contributed by atoms with Crippen molar-refractivity contribution in [2.24, 2.45) is 11.8 Å². The van der Waals surface area contributed by atoms with E-state index in [1.807, 2.05) is 13.8 Å². The fourth-order valence-corrected chi connectivity index (χ4v) is 5.55. The summed E-state index contributed by atoms with van der Waals surface area (Å²) in [7, 11) is 0. The van der Waals surface area contributed by atoms with E-state index in [1.54, 1.807) is 11.0 Å². The third kappa shape index (κ3) is 3.36. The van der Waals surface area contributed by atoms with Gasteiger partial charge in [-0.25, -0.2) is 0 Å². The molecular weight excluding hydrogens is 376 g/mol. The molecule has 1 spiro atoms. The molecule has 0 aromatic rings. The van der Waals surface area contributed by atoms with Crippen LogP contribution in [0, 0.1) is 11.8 Å². The first-order valence-corrected chi connectivity index (χ1v) is 10.6. The van der Waals surface area contributed by atoms with Gasteiger partial charge in [-0.2, -0.15) is 0 Å². The van der Waals surface area contributed by atoms with Crippen LogP contribution in [0.25, 0.3) is 0 Å². The highest BCUT2D eigenvalue weighted by Crippen LogP contribution is 2.58. The summed E-state index contributed by atoms with van der Waals surface area (Å²) >= 11 is 0. The Bertz CT molecular complexity index is 682. The molecule has 0 aromatic heterocycles. The zero-order chi connectivity index (χ0) is 21.3. The van der Waals surface area contributed by atoms with Crippen LogP contribution in [0.4, 0.5) is 0 Å². The number of carboxylic acid groups (broad SMARTS) is 1. The summed E-state index contributed by atoms with van der Waals surface area (Å²) in [6.45, 7) is 8.23. The molecule has 0 aliphatic carbocycles. The number of carbonyl (C=O) groups is 3. The van der Waals surface area contributed by atoms with Crippen molar-refractivity contribution in [2.75, 3.05) is 19.7 Å². The van der Waals surface area contributed by atoms with Gasteiger partial charge in [0.25, 0.3) is 0 Å². The Kier molecular flexibility index (Phi) is 6.33. The van der Waals surface area contributed by atoms with Crippen LogP contribution >= 0.6 is 0 Å². The van der Waals surface area contributed by atoms with Gasteiger partial charge in [-0.05, 0) is 32.6 Å². The molecule has 0 aromatic carbocycles. The monoisotopic (exact) mass is 408 g/mol. The Balaban J connectivity index is 2.01. The smallest absolute Gasteiger partial charge is 0.310 e. The molecule has 3 aliphatic rings. The molecule has 3 heterocycles. The quantitative estimate of drug-likeness (QED) is 0.523. The highest BCUT2D eigenvalue weighted by Gasteiger charge is 2.74. The largest absolute Gasteiger partial charge is 0.481 e. The number of hydrogen-bond donors (Lipinski definition) is 2. The summed E-state index contributed by atoms with van der Waals surface area (Å²) in [6.07, 6.45) is 4.21. The molecule has 2 bridgehead atoms. The standard InChI is InChI=1S/C21H32N2O6/c1-4-7-13(3)22(10-5-2)19(26)17-21-9-8-14(29-21)15(20(27)28)16(21)18(25)23(17)11-6-12-24/h5,13-17,24H,2,4,6-12H2,1,3H3,(H,27,28)/t13?,14-,15+,16+,17?,21?/m1/s1. The Hall–Kier alpha value is -1.93. The second-order valence-electron chi connectivity index (χ2n) is 8.42. The number of likely N-dealkylation sites (tertiary alicyclic amines) is 1. The molecule has 29 heavy (non-hydrogen) atoms. The van der Waals surface area contributed by atoms with E-state index in [0.29, 0.717) is 25.8 Å². The molecule has 8 heteroatoms. The van der Waals surface area contributed by atoms with E-state index in [1.165, 1.54) is 4.90 Å². The summed E-state index contributed by atoms with van der Waals surface area (Å²) < 4.78 is 6.16. The molecular formula is C21H32N2O6. The van der Waals surface area contributed by atoms with Gasteiger partial charge in [0.05, 0.1) is 17.9 Å². The lowest BCUT2D eigenvalue weighted by atomic mass is 9.70. The van der Waals surface area contributed by atoms with E-state index in [4.69, 9.17) is 4.74 Å². The second-order valence-corrected chi connectivity index (χ2v) is 8.42. The molecule has 2 N–H and O–H groups in total. The number of carboxylic acids is 1. The van der Waals surface area contributed by atoms with E-state index in [-0.39, 0.29) is 31.0 Å². The topological polar surface area (TPSA) is 107 Å². The molecule has 6 atom stereocenters. The highest BCUT2D eigenvalue weighted by atomic mass is 16.5. The van der Waals surface area contributed by atoms with Crippen LogP contribution < -0.4 is 0 Å². The van der Waals surface area contributed by atoms with Crippen LogP contribution in [0.1, 0.15) is 46.0 Å². The summed E-state index contributed by atoms with van der Waals surface area (Å²) in [6, 6.07) is -0.898. The number of aliphatic carboxylic acids is 1. The third-order valence-electron chi connectivity index (χ3n) is 6.72. The molecule has 162 valence electrons. The third-order valence-corrected chi connectivity index (χ3v) is 6.72. The first kappa shape index (κ1) is 21.8. The van der Waals surface area contributed by atoms with Gasteiger partial charge in [0.1, 0.15) is 11.6 Å². The van der Waals surface area contributed by atoms with Crippen molar-refractivity contribution in [1.82, 2.24) is 9.80 Å². The van der Waals surface area contributed by atoms with E-state index in [0.717, 1.165) is 12.8 Å². The average molecular weight is 408 g/mol. The summed E-state index contributed by atoms with van der Waals surface area (Å²) in [5, 5.41) is 19.0. The maximum absolute atomic E-state index is 13.8. The lowest BCUT2D eigenvalue weighted by Gasteiger charge is -2.38. The number of hydrogen-bond acceptors (Lipinski definition) is 5. The maximum Gasteiger partial charge on any atom is 0.310 e. The van der Waals surface area contributed by atoms with Crippen LogP contribution in [0.2, 0.25) is 0 Å². The average Bonchev–Trinajstić information content (AvgIpc) is 3.31. The number of aliphatic hydroxyl groups is 1. The molecule has 3 aliphatic heterocycles. The predicted molar refractivity (Wildman–Crippen MR) is 105 cm³/mol. The number of aliphatic hydroxyl groups excluding tert-OH is 1. The van der Waals surface area contributed by atoms with E-state index in [9.17, 15) is 24.6 Å². The van der Waals surface area contributed by atoms with Crippen LogP contribution in [0.3, 0.4) is 0 Å². The molecule has 3 saturated heterocycles. The fourth-order valence-electron chi connectivity index (χ4n) is 5.55. The van der Waals surface area contributed by atoms with Crippen LogP contribution in [-0.4, -0.2) is 81.3 Å². The van der Waals surface area contributed by atoms with Gasteiger partial charge in [0.2, 0.25) is 11.8 Å². The number of carbonyl (C=O) groups excluding carboxylic acids is 2. The number of amides is 2. The number of nitrogens with zero attached hydrogens (tertiary/aromatic N) is 2. The minimum Gasteiger partial charge on any atom is -0.481 e. The first-order chi connectivity index (χ1) is 13.8. The second kappa shape index (κ2) is 8.44. The van der Waals surface area contributed by atoms with Gasteiger partial charge in [0.15, 0.2) is 0 Å². The lowest BCUT2D eigenvalue weighted by Crippen LogP contribution is -2.58. The molecule has 8 nitrogen and oxygen atoms in total. The van der Waals surface area contributed by atoms with Crippen molar-refractivity contribution in [1.29, 1.82) is 0 Å². The van der Waals surface area contributed by atoms with Crippen molar-refractivity contribution in [3.63, 3.8) is 0 Å². The summed E-state index contributed by atoms with van der Waals surface area (Å²) in [5.41, 5.74) is -1.09. The molecule has 3 fully saturated rings. The van der Waals surface area contributed by atoms with Crippen molar-refractivity contribution in [3.8, 4) is 0 Å². The lowest BCUT2D eigenvalue weighted by molar-refractivity contribution is -0.151. The molecule has 0 radical (unpaired) electrons. The zero-order valence-corrected chi connectivity index (χ0v) is 17.2. The normalized spacial score (nSPS) is 33.6. The number of rotatable bonds is 10. The predicted octanol–water partition coefficient (Wildman–Crippen LogP) is 1.03. The van der Waals surface area contributed by atoms with Crippen LogP contribution in [0.5, 0.6) is 0 Å². The van der Waals surface area contributed by atoms with Crippen molar-refractivity contribution < 1.29 is 29.3 Å². The van der Waals surface area contributed by atoms with Crippen molar-refractivity contribution in [2.45, 2.75) is 69.7 Å². The highest BCUT2D eigenvalue weighted by molar-refractivity contribution is 5.98. The van der Waals surface area contributed by atoms with Gasteiger partial charge in [-0.1, -0.05) is 19.4 Å². The Labute approximate surface area is 171 Å². The molecule has 0 saturated carbocycles. The SMILES string of the molecule is C=CCN(C(=O)C1N(CCCO)C(=O)[C@@H]2[C@@H](C(=O)O)[C@H]3CCC12O3)C(C)CCC. The van der Waals surface area contributed by atoms with Gasteiger partial charge in [-0.3, -0.25) is 14.4 Å². The van der Waals surface area contributed by atoms with Gasteiger partial charge in [-0.15, -0.1) is 6.58 Å². The van der Waals surface area contributed by atoms with E-state index >= 15 is 0 Å². The number of ether oxygens (including phenoxy) is 1. The minimum absolute atomic E-state index is 0.0374. The van der Waals surface area contributed by atoms with Crippen LogP contribution in [0.15, 0.2) is 12.7 Å². The molecule has 3 rings (SSSR count). The summed E-state index contributed by atoms with van der Waals surface area (Å²) in [5.74, 6) is -3.38. The fraction of sp³-hybridized carbons (Fsp3) is 0.762. The Morgan fingerprint density at radius 2 is 2.21 bits per heavy atom. The van der Waals surface area contributed by atoms with Crippen molar-refractivity contribution >= 4 is 17.8 Å². The Morgan fingerprint density at radius 3 is 2.79 bits per heavy atom. The molecule has 3 unspecified atom stereocenters. The molecule has 2 amide bonds. The van der Waals surface area contributed by atoms with E-state index in [2.05, 4.69) is 6.58 Å². The van der Waals surface area contributed by atoms with Gasteiger partial charge in [0, 0.05) is 25.7 Å². The Morgan fingerprint density at radius 1 is 1.48 bits per heavy atom. The zero-order valence-electron chi connectivity index (χ0n) is 17.2. The van der Waals surface area contributed by atoms with Crippen LogP contribution in [-0.2, 0) is 19.1 Å². The summed E-state index contributed by atoms with van der Waals surface area (Å²) in [4.78, 5) is 42.2. The van der Waals surface area contributed by atoms with Gasteiger partial charge >= 0.3 is 5.97 Å².